The zero-order valence-electron chi connectivity index (χ0n) is 12.3. The second-order valence-corrected chi connectivity index (χ2v) is 6.87. The summed E-state index contributed by atoms with van der Waals surface area (Å²) in [5.41, 5.74) is 0. The van der Waals surface area contributed by atoms with Crippen LogP contribution in [-0.2, 0) is 19.5 Å². The number of hydroxylamine groups is 2. The van der Waals surface area contributed by atoms with Crippen LogP contribution < -0.4 is 5.32 Å². The number of hydrogen-bond donors (Lipinski definition) is 3. The number of piperidine rings is 1. The Hall–Kier alpha value is -1.76. The van der Waals surface area contributed by atoms with Crippen molar-refractivity contribution in [2.75, 3.05) is 20.1 Å². The predicted octanol–water partition coefficient (Wildman–Crippen LogP) is -1.60. The Morgan fingerprint density at radius 2 is 2.00 bits per heavy atom. The first-order valence-electron chi connectivity index (χ1n) is 7.04. The molecular formula is C11H17N5O6S. The van der Waals surface area contributed by atoms with Crippen LogP contribution in [0.2, 0.25) is 0 Å². The molecule has 3 fully saturated rings. The molecule has 3 rings (SSSR count). The molecule has 3 aliphatic rings. The summed E-state index contributed by atoms with van der Waals surface area (Å²) in [6, 6.07) is -2.17. The van der Waals surface area contributed by atoms with E-state index in [1.807, 2.05) is 4.90 Å². The summed E-state index contributed by atoms with van der Waals surface area (Å²) in [4.78, 5) is 27.1. The number of nitrogens with zero attached hydrogens (tertiary/aromatic N) is 3. The van der Waals surface area contributed by atoms with Crippen LogP contribution in [0.5, 0.6) is 0 Å². The number of fused-ring (bicyclic) bond motifs is 2. The molecule has 0 spiro atoms. The predicted molar refractivity (Wildman–Crippen MR) is 75.7 cm³/mol. The molecule has 11 nitrogen and oxygen atoms in total. The second-order valence-electron chi connectivity index (χ2n) is 5.87. The molecule has 2 unspecified atom stereocenters. The zero-order chi connectivity index (χ0) is 16.9. The highest BCUT2D eigenvalue weighted by Crippen LogP contribution is 2.30. The topological polar surface area (TPSA) is 143 Å². The smallest absolute Gasteiger partial charge is 0.312 e. The molecule has 0 aromatic rings. The van der Waals surface area contributed by atoms with Crippen molar-refractivity contribution in [1.82, 2.24) is 20.2 Å². The van der Waals surface area contributed by atoms with E-state index in [9.17, 15) is 18.0 Å². The van der Waals surface area contributed by atoms with Crippen LogP contribution in [0.3, 0.4) is 0 Å². The highest BCUT2D eigenvalue weighted by Gasteiger charge is 2.49. The minimum absolute atomic E-state index is 0.101. The summed E-state index contributed by atoms with van der Waals surface area (Å²) in [6.07, 6.45) is 0.783. The summed E-state index contributed by atoms with van der Waals surface area (Å²) in [7, 11) is -3.01. The van der Waals surface area contributed by atoms with Gasteiger partial charge in [-0.15, -0.1) is 4.28 Å². The van der Waals surface area contributed by atoms with Crippen molar-refractivity contribution < 1.29 is 26.8 Å². The molecule has 3 aliphatic heterocycles. The minimum atomic E-state index is -4.80. The van der Waals surface area contributed by atoms with Crippen LogP contribution in [-0.4, -0.2) is 83.9 Å². The number of rotatable bonds is 4. The molecule has 0 aliphatic carbocycles. The quantitative estimate of drug-likeness (QED) is 0.240. The first kappa shape index (κ1) is 16.1. The van der Waals surface area contributed by atoms with Gasteiger partial charge in [-0.3, -0.25) is 19.7 Å². The third kappa shape index (κ3) is 3.15. The lowest BCUT2D eigenvalue weighted by Crippen LogP contribution is -2.51. The number of nitrogens with one attached hydrogen (secondary N) is 2. The first-order valence-corrected chi connectivity index (χ1v) is 8.40. The van der Waals surface area contributed by atoms with E-state index >= 15 is 0 Å². The molecule has 3 N–H and O–H groups in total. The SMILES string of the molecule is CN1CC1C(=O)NC(=N)[C@@H]1CC[C@@H]2CN1C(=O)N2OS(=O)(=O)O. The van der Waals surface area contributed by atoms with Crippen LogP contribution in [0.15, 0.2) is 0 Å². The summed E-state index contributed by atoms with van der Waals surface area (Å²) in [5, 5.41) is 11.1. The highest BCUT2D eigenvalue weighted by molar-refractivity contribution is 7.80. The maximum atomic E-state index is 12.2. The van der Waals surface area contributed by atoms with E-state index < -0.39 is 28.5 Å². The maximum Gasteiger partial charge on any atom is 0.418 e. The van der Waals surface area contributed by atoms with E-state index in [-0.39, 0.29) is 24.3 Å². The van der Waals surface area contributed by atoms with Crippen molar-refractivity contribution in [3.63, 3.8) is 0 Å². The lowest BCUT2D eigenvalue weighted by Gasteiger charge is -2.30. The van der Waals surface area contributed by atoms with Crippen molar-refractivity contribution >= 4 is 28.2 Å². The normalized spacial score (nSPS) is 32.9. The van der Waals surface area contributed by atoms with Gasteiger partial charge >= 0.3 is 16.4 Å². The Morgan fingerprint density at radius 1 is 1.35 bits per heavy atom. The van der Waals surface area contributed by atoms with Gasteiger partial charge in [0.2, 0.25) is 5.91 Å². The number of amides is 3. The summed E-state index contributed by atoms with van der Waals surface area (Å²) >= 11 is 0. The molecule has 4 atom stereocenters. The summed E-state index contributed by atoms with van der Waals surface area (Å²) in [6.45, 7) is 0.797. The Kier molecular flexibility index (Phi) is 3.78. The molecule has 0 aromatic carbocycles. The van der Waals surface area contributed by atoms with E-state index in [0.717, 1.165) is 0 Å². The third-order valence-electron chi connectivity index (χ3n) is 4.25. The lowest BCUT2D eigenvalue weighted by atomic mass is 10.00. The lowest BCUT2D eigenvalue weighted by molar-refractivity contribution is -0.119. The molecular weight excluding hydrogens is 330 g/mol. The first-order chi connectivity index (χ1) is 10.7. The Balaban J connectivity index is 1.66. The minimum Gasteiger partial charge on any atom is -0.312 e. The molecule has 0 saturated carbocycles. The number of hydrogen-bond acceptors (Lipinski definition) is 7. The van der Waals surface area contributed by atoms with Gasteiger partial charge < -0.3 is 10.2 Å². The number of urea groups is 1. The van der Waals surface area contributed by atoms with Gasteiger partial charge in [-0.05, 0) is 19.9 Å². The monoisotopic (exact) mass is 347 g/mol. The van der Waals surface area contributed by atoms with Gasteiger partial charge in [0.1, 0.15) is 11.9 Å². The molecule has 12 heteroatoms. The Bertz CT molecular complexity index is 666. The third-order valence-corrected chi connectivity index (χ3v) is 4.60. The van der Waals surface area contributed by atoms with Gasteiger partial charge in [-0.25, -0.2) is 4.79 Å². The average Bonchev–Trinajstić information content (AvgIpc) is 3.14. The summed E-state index contributed by atoms with van der Waals surface area (Å²) < 4.78 is 34.7. The fourth-order valence-electron chi connectivity index (χ4n) is 2.94. The van der Waals surface area contributed by atoms with Crippen LogP contribution in [0.1, 0.15) is 12.8 Å². The molecule has 128 valence electrons. The van der Waals surface area contributed by atoms with Crippen molar-refractivity contribution in [3.8, 4) is 0 Å². The fourth-order valence-corrected chi connectivity index (χ4v) is 3.33. The van der Waals surface area contributed by atoms with Gasteiger partial charge in [0.15, 0.2) is 0 Å². The number of likely N-dealkylation sites (N-methyl/N-ethyl adjacent to an activating group) is 1. The number of amidine groups is 1. The number of carbonyl (C=O) groups excluding carboxylic acids is 2. The van der Waals surface area contributed by atoms with E-state index in [4.69, 9.17) is 9.96 Å². The van der Waals surface area contributed by atoms with Gasteiger partial charge in [-0.1, -0.05) is 0 Å². The van der Waals surface area contributed by atoms with Crippen molar-refractivity contribution in [2.24, 2.45) is 0 Å². The van der Waals surface area contributed by atoms with Crippen LogP contribution >= 0.6 is 0 Å². The van der Waals surface area contributed by atoms with Crippen LogP contribution in [0.4, 0.5) is 4.79 Å². The van der Waals surface area contributed by atoms with Gasteiger partial charge in [-0.2, -0.15) is 13.5 Å². The standard InChI is InChI=1S/C11H17N5O6S/c1-14-5-8(14)10(17)13-9(12)7-3-2-6-4-15(7)11(18)16(6)22-23(19,20)21/h6-8H,2-5H2,1H3,(H2,12,13,17)(H,19,20,21)/t6-,7+,8?,14?/m1/s1. The van der Waals surface area contributed by atoms with Crippen molar-refractivity contribution in [3.05, 3.63) is 0 Å². The van der Waals surface area contributed by atoms with Crippen LogP contribution in [0, 0.1) is 5.41 Å². The molecule has 2 bridgehead atoms. The van der Waals surface area contributed by atoms with E-state index in [1.165, 1.54) is 4.90 Å². The van der Waals surface area contributed by atoms with Gasteiger partial charge in [0.25, 0.3) is 0 Å². The zero-order valence-corrected chi connectivity index (χ0v) is 13.1. The highest BCUT2D eigenvalue weighted by atomic mass is 32.3. The van der Waals surface area contributed by atoms with Gasteiger partial charge in [0.05, 0.1) is 12.1 Å². The van der Waals surface area contributed by atoms with E-state index in [2.05, 4.69) is 9.60 Å². The molecule has 0 radical (unpaired) electrons. The van der Waals surface area contributed by atoms with Crippen molar-refractivity contribution in [1.29, 1.82) is 5.41 Å². The molecule has 23 heavy (non-hydrogen) atoms. The van der Waals surface area contributed by atoms with E-state index in [0.29, 0.717) is 24.4 Å². The molecule has 0 aromatic heterocycles. The Morgan fingerprint density at radius 3 is 2.57 bits per heavy atom. The van der Waals surface area contributed by atoms with E-state index in [1.54, 1.807) is 7.05 Å². The largest absolute Gasteiger partial charge is 0.418 e. The molecule has 3 amide bonds. The second kappa shape index (κ2) is 5.40. The molecule has 3 saturated heterocycles. The van der Waals surface area contributed by atoms with Gasteiger partial charge in [0, 0.05) is 13.1 Å². The van der Waals surface area contributed by atoms with Crippen molar-refractivity contribution in [2.45, 2.75) is 31.0 Å². The average molecular weight is 347 g/mol. The summed E-state index contributed by atoms with van der Waals surface area (Å²) in [5.74, 6) is -0.395. The Labute approximate surface area is 132 Å². The maximum absolute atomic E-state index is 12.2. The molecule has 3 heterocycles. The number of carbonyl (C=O) groups is 2. The van der Waals surface area contributed by atoms with Crippen LogP contribution in [0.25, 0.3) is 0 Å². The fraction of sp³-hybridized carbons (Fsp3) is 0.727.